The number of para-hydroxylation sites is 1. The zero-order chi connectivity index (χ0) is 16.4. The van der Waals surface area contributed by atoms with Crippen LogP contribution in [-0.2, 0) is 16.1 Å². The molecule has 0 unspecified atom stereocenters. The van der Waals surface area contributed by atoms with Crippen LogP contribution in [0.15, 0.2) is 29.3 Å². The van der Waals surface area contributed by atoms with E-state index in [0.29, 0.717) is 13.1 Å². The van der Waals surface area contributed by atoms with Gasteiger partial charge in [-0.3, -0.25) is 9.79 Å². The highest BCUT2D eigenvalue weighted by Gasteiger charge is 2.10. The van der Waals surface area contributed by atoms with Crippen LogP contribution in [0.2, 0.25) is 0 Å². The lowest BCUT2D eigenvalue weighted by molar-refractivity contribution is -0.140. The highest BCUT2D eigenvalue weighted by atomic mass is 127. The maximum Gasteiger partial charge on any atom is 0.307 e. The number of carbonyl (C=O) groups excluding carboxylic acids is 1. The fourth-order valence-electron chi connectivity index (χ4n) is 1.99. The average Bonchev–Trinajstić information content (AvgIpc) is 2.54. The predicted molar refractivity (Wildman–Crippen MR) is 102 cm³/mol. The van der Waals surface area contributed by atoms with Crippen LogP contribution in [0.1, 0.15) is 18.9 Å². The Morgan fingerprint density at radius 3 is 2.61 bits per heavy atom. The third-order valence-electron chi connectivity index (χ3n) is 3.10. The van der Waals surface area contributed by atoms with Gasteiger partial charge in [-0.2, -0.15) is 0 Å². The molecule has 1 aromatic rings. The summed E-state index contributed by atoms with van der Waals surface area (Å²) >= 11 is 0. The Bertz CT molecular complexity index is 509. The molecule has 130 valence electrons. The van der Waals surface area contributed by atoms with Crippen LogP contribution in [0.3, 0.4) is 0 Å². The number of ether oxygens (including phenoxy) is 2. The number of hydrogen-bond acceptors (Lipinski definition) is 4. The molecule has 0 saturated carbocycles. The normalized spacial score (nSPS) is 10.5. The first-order chi connectivity index (χ1) is 10.6. The summed E-state index contributed by atoms with van der Waals surface area (Å²) in [4.78, 5) is 17.6. The second kappa shape index (κ2) is 12.0. The van der Waals surface area contributed by atoms with E-state index in [4.69, 9.17) is 4.74 Å². The number of nitrogens with zero attached hydrogens (tertiary/aromatic N) is 2. The fourth-order valence-corrected chi connectivity index (χ4v) is 1.99. The van der Waals surface area contributed by atoms with Crippen LogP contribution in [0.4, 0.5) is 0 Å². The van der Waals surface area contributed by atoms with E-state index in [1.807, 2.05) is 43.1 Å². The van der Waals surface area contributed by atoms with Crippen molar-refractivity contribution < 1.29 is 14.3 Å². The Morgan fingerprint density at radius 1 is 1.30 bits per heavy atom. The van der Waals surface area contributed by atoms with Gasteiger partial charge in [0.25, 0.3) is 0 Å². The molecular weight excluding hydrogens is 409 g/mol. The molecule has 0 bridgehead atoms. The zero-order valence-corrected chi connectivity index (χ0v) is 16.5. The third kappa shape index (κ3) is 7.54. The summed E-state index contributed by atoms with van der Waals surface area (Å²) in [5.41, 5.74) is 1.08. The minimum absolute atomic E-state index is 0. The molecule has 0 saturated heterocycles. The molecule has 0 heterocycles. The predicted octanol–water partition coefficient (Wildman–Crippen LogP) is 2.27. The van der Waals surface area contributed by atoms with Gasteiger partial charge in [0.2, 0.25) is 0 Å². The Hall–Kier alpha value is -1.51. The number of rotatable bonds is 7. The number of esters is 1. The van der Waals surface area contributed by atoms with Gasteiger partial charge in [0, 0.05) is 25.7 Å². The van der Waals surface area contributed by atoms with Gasteiger partial charge in [0.05, 0.1) is 27.2 Å². The van der Waals surface area contributed by atoms with Gasteiger partial charge in [0.1, 0.15) is 5.75 Å². The Kier molecular flexibility index (Phi) is 11.2. The van der Waals surface area contributed by atoms with Crippen LogP contribution in [0, 0.1) is 0 Å². The molecule has 7 heteroatoms. The molecule has 6 nitrogen and oxygen atoms in total. The van der Waals surface area contributed by atoms with Gasteiger partial charge in [-0.1, -0.05) is 18.2 Å². The number of hydrogen-bond donors (Lipinski definition) is 1. The van der Waals surface area contributed by atoms with Gasteiger partial charge in [-0.05, 0) is 13.0 Å². The Balaban J connectivity index is 0.00000484. The van der Waals surface area contributed by atoms with Gasteiger partial charge in [-0.25, -0.2) is 0 Å². The fraction of sp³-hybridized carbons (Fsp3) is 0.500. The first kappa shape index (κ1) is 21.5. The number of nitrogens with one attached hydrogen (secondary N) is 1. The van der Waals surface area contributed by atoms with Crippen molar-refractivity contribution in [2.75, 3.05) is 34.4 Å². The molecule has 0 radical (unpaired) electrons. The number of guanidine groups is 1. The van der Waals surface area contributed by atoms with E-state index in [9.17, 15) is 4.79 Å². The molecule has 0 atom stereocenters. The summed E-state index contributed by atoms with van der Waals surface area (Å²) in [7, 11) is 4.99. The van der Waals surface area contributed by atoms with Crippen molar-refractivity contribution in [2.24, 2.45) is 4.99 Å². The van der Waals surface area contributed by atoms with E-state index in [-0.39, 0.29) is 36.4 Å². The molecule has 0 spiro atoms. The lowest BCUT2D eigenvalue weighted by Gasteiger charge is -2.23. The minimum atomic E-state index is -0.257. The van der Waals surface area contributed by atoms with Crippen LogP contribution < -0.4 is 10.1 Å². The standard InChI is InChI=1S/C16H25N3O3.HI/c1-5-17-16(18-11-10-15(20)22-4)19(2)12-13-8-6-7-9-14(13)21-3;/h6-9H,5,10-12H2,1-4H3,(H,17,18);1H. The summed E-state index contributed by atoms with van der Waals surface area (Å²) in [6, 6.07) is 7.88. The van der Waals surface area contributed by atoms with Crippen molar-refractivity contribution in [2.45, 2.75) is 19.9 Å². The molecular formula is C16H26IN3O3. The molecule has 0 aromatic heterocycles. The van der Waals surface area contributed by atoms with Gasteiger partial charge >= 0.3 is 5.97 Å². The molecule has 0 fully saturated rings. The first-order valence-corrected chi connectivity index (χ1v) is 7.30. The smallest absolute Gasteiger partial charge is 0.307 e. The third-order valence-corrected chi connectivity index (χ3v) is 3.10. The summed E-state index contributed by atoms with van der Waals surface area (Å²) in [6.45, 7) is 3.82. The van der Waals surface area contributed by atoms with Crippen molar-refractivity contribution in [1.29, 1.82) is 0 Å². The van der Waals surface area contributed by atoms with E-state index < -0.39 is 0 Å². The average molecular weight is 435 g/mol. The van der Waals surface area contributed by atoms with E-state index in [2.05, 4.69) is 15.0 Å². The largest absolute Gasteiger partial charge is 0.496 e. The van der Waals surface area contributed by atoms with Crippen LogP contribution in [-0.4, -0.2) is 51.2 Å². The highest BCUT2D eigenvalue weighted by molar-refractivity contribution is 14.0. The molecule has 1 rings (SSSR count). The lowest BCUT2D eigenvalue weighted by atomic mass is 10.2. The van der Waals surface area contributed by atoms with Gasteiger partial charge < -0.3 is 19.7 Å². The summed E-state index contributed by atoms with van der Waals surface area (Å²) in [5.74, 6) is 1.34. The first-order valence-electron chi connectivity index (χ1n) is 7.30. The number of benzene rings is 1. The van der Waals surface area contributed by atoms with Crippen molar-refractivity contribution >= 4 is 35.9 Å². The second-order valence-electron chi connectivity index (χ2n) is 4.73. The van der Waals surface area contributed by atoms with Crippen molar-refractivity contribution in [3.63, 3.8) is 0 Å². The quantitative estimate of drug-likeness (QED) is 0.308. The maximum atomic E-state index is 11.2. The highest BCUT2D eigenvalue weighted by Crippen LogP contribution is 2.18. The van der Waals surface area contributed by atoms with E-state index in [0.717, 1.165) is 23.8 Å². The molecule has 0 aliphatic rings. The number of methoxy groups -OCH3 is 2. The Morgan fingerprint density at radius 2 is 2.00 bits per heavy atom. The lowest BCUT2D eigenvalue weighted by Crippen LogP contribution is -2.38. The van der Waals surface area contributed by atoms with Crippen LogP contribution >= 0.6 is 24.0 Å². The summed E-state index contributed by atoms with van der Waals surface area (Å²) in [5, 5.41) is 3.21. The second-order valence-corrected chi connectivity index (χ2v) is 4.73. The van der Waals surface area contributed by atoms with Crippen LogP contribution in [0.5, 0.6) is 5.75 Å². The maximum absolute atomic E-state index is 11.2. The molecule has 0 aliphatic carbocycles. The minimum Gasteiger partial charge on any atom is -0.496 e. The van der Waals surface area contributed by atoms with Crippen molar-refractivity contribution in [3.05, 3.63) is 29.8 Å². The number of halogens is 1. The van der Waals surface area contributed by atoms with Crippen LogP contribution in [0.25, 0.3) is 0 Å². The van der Waals surface area contributed by atoms with E-state index in [1.165, 1.54) is 7.11 Å². The van der Waals surface area contributed by atoms with E-state index in [1.54, 1.807) is 7.11 Å². The zero-order valence-electron chi connectivity index (χ0n) is 14.2. The number of aliphatic imine (C=N–C) groups is 1. The van der Waals surface area contributed by atoms with Crippen molar-refractivity contribution in [3.8, 4) is 5.75 Å². The molecule has 23 heavy (non-hydrogen) atoms. The van der Waals surface area contributed by atoms with Gasteiger partial charge in [0.15, 0.2) is 5.96 Å². The topological polar surface area (TPSA) is 63.2 Å². The summed E-state index contributed by atoms with van der Waals surface area (Å²) < 4.78 is 9.98. The Labute approximate surface area is 155 Å². The van der Waals surface area contributed by atoms with Gasteiger partial charge in [-0.15, -0.1) is 24.0 Å². The number of carbonyl (C=O) groups is 1. The summed E-state index contributed by atoms with van der Waals surface area (Å²) in [6.07, 6.45) is 0.272. The monoisotopic (exact) mass is 435 g/mol. The molecule has 0 amide bonds. The molecule has 1 aromatic carbocycles. The van der Waals surface area contributed by atoms with E-state index >= 15 is 0 Å². The van der Waals surface area contributed by atoms with Crippen molar-refractivity contribution in [1.82, 2.24) is 10.2 Å². The molecule has 0 aliphatic heterocycles. The SMILES string of the molecule is CCNC(=NCCC(=O)OC)N(C)Cc1ccccc1OC.I. The molecule has 1 N–H and O–H groups in total.